The van der Waals surface area contributed by atoms with Crippen molar-refractivity contribution in [2.24, 2.45) is 0 Å². The molecule has 0 amide bonds. The molecule has 4 heteroatoms. The van der Waals surface area contributed by atoms with E-state index in [1.54, 1.807) is 14.2 Å². The molecule has 1 rings (SSSR count). The average molecular weight is 294 g/mol. The fourth-order valence-corrected chi connectivity index (χ4v) is 2.20. The number of nitrogens with zero attached hydrogens (tertiary/aromatic N) is 1. The number of methoxy groups -OCH3 is 2. The van der Waals surface area contributed by atoms with Crippen LogP contribution in [0.1, 0.15) is 31.9 Å². The molecule has 0 heterocycles. The maximum absolute atomic E-state index is 5.50. The Balaban J connectivity index is 2.78. The van der Waals surface area contributed by atoms with Crippen molar-refractivity contribution in [1.29, 1.82) is 0 Å². The van der Waals surface area contributed by atoms with E-state index in [2.05, 4.69) is 49.2 Å². The van der Waals surface area contributed by atoms with E-state index in [1.165, 1.54) is 11.1 Å². The molecule has 120 valence electrons. The molecule has 0 aliphatic carbocycles. The molecule has 1 aromatic rings. The Kier molecular flexibility index (Phi) is 8.35. The molecule has 21 heavy (non-hydrogen) atoms. The summed E-state index contributed by atoms with van der Waals surface area (Å²) in [7, 11) is 3.48. The zero-order valence-electron chi connectivity index (χ0n) is 14.1. The van der Waals surface area contributed by atoms with Crippen molar-refractivity contribution in [3.8, 4) is 5.75 Å². The number of hydrogen-bond acceptors (Lipinski definition) is 4. The van der Waals surface area contributed by atoms with Gasteiger partial charge in [0, 0.05) is 38.3 Å². The SMILES string of the molecule is CCN(CCOC)Cc1cc(CNC(C)C)ccc1OC. The van der Waals surface area contributed by atoms with Crippen LogP contribution in [0.15, 0.2) is 18.2 Å². The third-order valence-corrected chi connectivity index (χ3v) is 3.51. The normalized spacial score (nSPS) is 11.4. The first-order chi connectivity index (χ1) is 10.1. The fourth-order valence-electron chi connectivity index (χ4n) is 2.20. The van der Waals surface area contributed by atoms with Crippen LogP contribution in [0.3, 0.4) is 0 Å². The molecule has 0 radical (unpaired) electrons. The van der Waals surface area contributed by atoms with Crippen LogP contribution < -0.4 is 10.1 Å². The molecular formula is C17H30N2O2. The molecule has 0 unspecified atom stereocenters. The van der Waals surface area contributed by atoms with Crippen molar-refractivity contribution in [2.45, 2.75) is 39.9 Å². The Morgan fingerprint density at radius 2 is 2.00 bits per heavy atom. The predicted molar refractivity (Wildman–Crippen MR) is 87.8 cm³/mol. The summed E-state index contributed by atoms with van der Waals surface area (Å²) in [5.41, 5.74) is 2.53. The lowest BCUT2D eigenvalue weighted by atomic mass is 10.1. The van der Waals surface area contributed by atoms with E-state index in [4.69, 9.17) is 9.47 Å². The summed E-state index contributed by atoms with van der Waals surface area (Å²) in [4.78, 5) is 2.36. The van der Waals surface area contributed by atoms with Crippen LogP contribution in [0.5, 0.6) is 5.75 Å². The van der Waals surface area contributed by atoms with Crippen LogP contribution in [0.25, 0.3) is 0 Å². The quantitative estimate of drug-likeness (QED) is 0.719. The first-order valence-electron chi connectivity index (χ1n) is 7.71. The molecule has 0 spiro atoms. The van der Waals surface area contributed by atoms with Crippen molar-refractivity contribution in [1.82, 2.24) is 10.2 Å². The van der Waals surface area contributed by atoms with Gasteiger partial charge < -0.3 is 14.8 Å². The van der Waals surface area contributed by atoms with Gasteiger partial charge in [-0.3, -0.25) is 4.90 Å². The average Bonchev–Trinajstić information content (AvgIpc) is 2.49. The van der Waals surface area contributed by atoms with Gasteiger partial charge in [0.05, 0.1) is 13.7 Å². The summed E-state index contributed by atoms with van der Waals surface area (Å²) in [6, 6.07) is 6.92. The number of likely N-dealkylation sites (N-methyl/N-ethyl adjacent to an activating group) is 1. The Morgan fingerprint density at radius 1 is 1.24 bits per heavy atom. The summed E-state index contributed by atoms with van der Waals surface area (Å²) in [6.07, 6.45) is 0. The topological polar surface area (TPSA) is 33.7 Å². The highest BCUT2D eigenvalue weighted by molar-refractivity contribution is 5.37. The Morgan fingerprint density at radius 3 is 2.57 bits per heavy atom. The van der Waals surface area contributed by atoms with E-state index < -0.39 is 0 Å². The maximum Gasteiger partial charge on any atom is 0.123 e. The van der Waals surface area contributed by atoms with Gasteiger partial charge in [0.1, 0.15) is 5.75 Å². The van der Waals surface area contributed by atoms with Crippen LogP contribution in [0.2, 0.25) is 0 Å². The van der Waals surface area contributed by atoms with Gasteiger partial charge in [-0.2, -0.15) is 0 Å². The lowest BCUT2D eigenvalue weighted by Crippen LogP contribution is -2.27. The molecule has 4 nitrogen and oxygen atoms in total. The first-order valence-corrected chi connectivity index (χ1v) is 7.71. The summed E-state index contributed by atoms with van der Waals surface area (Å²) < 4.78 is 10.7. The van der Waals surface area contributed by atoms with Crippen LogP contribution >= 0.6 is 0 Å². The van der Waals surface area contributed by atoms with E-state index in [0.29, 0.717) is 6.04 Å². The van der Waals surface area contributed by atoms with Gasteiger partial charge in [0.2, 0.25) is 0 Å². The zero-order valence-corrected chi connectivity index (χ0v) is 14.1. The summed E-state index contributed by atoms with van der Waals surface area (Å²) in [6.45, 7) is 11.0. The van der Waals surface area contributed by atoms with Crippen molar-refractivity contribution in [2.75, 3.05) is 33.9 Å². The predicted octanol–water partition coefficient (Wildman–Crippen LogP) is 2.66. The summed E-state index contributed by atoms with van der Waals surface area (Å²) in [5, 5.41) is 3.45. The Hall–Kier alpha value is -1.10. The number of ether oxygens (including phenoxy) is 2. The smallest absolute Gasteiger partial charge is 0.123 e. The molecule has 1 aromatic carbocycles. The van der Waals surface area contributed by atoms with E-state index in [9.17, 15) is 0 Å². The van der Waals surface area contributed by atoms with E-state index >= 15 is 0 Å². The first kappa shape index (κ1) is 18.0. The van der Waals surface area contributed by atoms with Gasteiger partial charge in [0.15, 0.2) is 0 Å². The van der Waals surface area contributed by atoms with E-state index in [1.807, 2.05) is 0 Å². The minimum absolute atomic E-state index is 0.490. The molecule has 1 N–H and O–H groups in total. The molecule has 0 fully saturated rings. The Labute approximate surface area is 129 Å². The highest BCUT2D eigenvalue weighted by atomic mass is 16.5. The molecule has 0 saturated carbocycles. The standard InChI is InChI=1S/C17H30N2O2/c1-6-19(9-10-20-4)13-16-11-15(12-18-14(2)3)7-8-17(16)21-5/h7-8,11,14,18H,6,9-10,12-13H2,1-5H3. The Bertz CT molecular complexity index is 408. The monoisotopic (exact) mass is 294 g/mol. The molecule has 0 bridgehead atoms. The molecule has 0 atom stereocenters. The van der Waals surface area contributed by atoms with Crippen molar-refractivity contribution < 1.29 is 9.47 Å². The second kappa shape index (κ2) is 9.77. The third-order valence-electron chi connectivity index (χ3n) is 3.51. The van der Waals surface area contributed by atoms with Gasteiger partial charge in [-0.25, -0.2) is 0 Å². The molecular weight excluding hydrogens is 264 g/mol. The van der Waals surface area contributed by atoms with Crippen LogP contribution in [0.4, 0.5) is 0 Å². The number of rotatable bonds is 10. The second-order valence-corrected chi connectivity index (χ2v) is 5.54. The van der Waals surface area contributed by atoms with Gasteiger partial charge in [-0.15, -0.1) is 0 Å². The maximum atomic E-state index is 5.50. The van der Waals surface area contributed by atoms with Crippen molar-refractivity contribution in [3.63, 3.8) is 0 Å². The molecule has 0 aliphatic heterocycles. The van der Waals surface area contributed by atoms with Crippen molar-refractivity contribution >= 4 is 0 Å². The zero-order chi connectivity index (χ0) is 15.7. The van der Waals surface area contributed by atoms with Crippen LogP contribution in [0, 0.1) is 0 Å². The van der Waals surface area contributed by atoms with E-state index in [0.717, 1.165) is 38.5 Å². The summed E-state index contributed by atoms with van der Waals surface area (Å²) >= 11 is 0. The molecule has 0 aromatic heterocycles. The largest absolute Gasteiger partial charge is 0.496 e. The third kappa shape index (κ3) is 6.46. The highest BCUT2D eigenvalue weighted by Gasteiger charge is 2.09. The lowest BCUT2D eigenvalue weighted by molar-refractivity contribution is 0.147. The minimum atomic E-state index is 0.490. The minimum Gasteiger partial charge on any atom is -0.496 e. The fraction of sp³-hybridized carbons (Fsp3) is 0.647. The van der Waals surface area contributed by atoms with Gasteiger partial charge in [-0.1, -0.05) is 26.8 Å². The molecule has 0 saturated heterocycles. The number of hydrogen-bond donors (Lipinski definition) is 1. The molecule has 0 aliphatic rings. The van der Waals surface area contributed by atoms with Crippen LogP contribution in [-0.2, 0) is 17.8 Å². The number of nitrogens with one attached hydrogen (secondary N) is 1. The van der Waals surface area contributed by atoms with Gasteiger partial charge >= 0.3 is 0 Å². The highest BCUT2D eigenvalue weighted by Crippen LogP contribution is 2.21. The van der Waals surface area contributed by atoms with Gasteiger partial charge in [-0.05, 0) is 24.2 Å². The summed E-state index contributed by atoms with van der Waals surface area (Å²) in [5.74, 6) is 0.958. The number of benzene rings is 1. The van der Waals surface area contributed by atoms with Crippen LogP contribution in [-0.4, -0.2) is 44.9 Å². The van der Waals surface area contributed by atoms with E-state index in [-0.39, 0.29) is 0 Å². The van der Waals surface area contributed by atoms with Crippen molar-refractivity contribution in [3.05, 3.63) is 29.3 Å². The second-order valence-electron chi connectivity index (χ2n) is 5.54. The van der Waals surface area contributed by atoms with Gasteiger partial charge in [0.25, 0.3) is 0 Å². The lowest BCUT2D eigenvalue weighted by Gasteiger charge is -2.22.